The number of pyridine rings is 1. The van der Waals surface area contributed by atoms with Crippen LogP contribution in [0, 0.1) is 0 Å². The summed E-state index contributed by atoms with van der Waals surface area (Å²) in [6.45, 7) is 6.05. The number of urea groups is 1. The number of piperazine rings is 1. The van der Waals surface area contributed by atoms with E-state index in [4.69, 9.17) is 5.11 Å². The topological polar surface area (TPSA) is 109 Å². The monoisotopic (exact) mass is 624 g/mol. The Hall–Kier alpha value is -4.28. The van der Waals surface area contributed by atoms with Gasteiger partial charge in [-0.25, -0.2) is 4.79 Å². The van der Waals surface area contributed by atoms with Crippen LogP contribution in [0.2, 0.25) is 0 Å². The summed E-state index contributed by atoms with van der Waals surface area (Å²) >= 11 is 0. The van der Waals surface area contributed by atoms with Gasteiger partial charge in [-0.2, -0.15) is 0 Å². The first-order valence-electron chi connectivity index (χ1n) is 16.4. The van der Waals surface area contributed by atoms with Gasteiger partial charge < -0.3 is 25.1 Å². The Balaban J connectivity index is 1.11. The number of aliphatic carboxylic acids is 1. The second-order valence-electron chi connectivity index (χ2n) is 13.0. The molecule has 3 fully saturated rings. The summed E-state index contributed by atoms with van der Waals surface area (Å²) in [5.74, 6) is -0.755. The highest BCUT2D eigenvalue weighted by molar-refractivity contribution is 5.94. The standard InChI is InChI=1S/C36H44N6O4/c43-32(44)27-40-23-25-41(26-24-40)34(46)38-36(31-13-7-8-18-37-31)16-20-39(21-17-36)19-14-35(30-11-5-2-6-12-30)15-22-42(28-35)33(45)29-9-3-1-4-10-29/h1-13,18H,14-17,19-28H2,(H,38,46)(H,43,44). The lowest BCUT2D eigenvalue weighted by Gasteiger charge is -2.44. The van der Waals surface area contributed by atoms with E-state index in [0.717, 1.165) is 63.1 Å². The number of hydrogen-bond donors (Lipinski definition) is 2. The van der Waals surface area contributed by atoms with Crippen LogP contribution < -0.4 is 5.32 Å². The van der Waals surface area contributed by atoms with Gasteiger partial charge in [-0.3, -0.25) is 19.5 Å². The first kappa shape index (κ1) is 31.7. The maximum atomic E-state index is 13.5. The van der Waals surface area contributed by atoms with E-state index in [1.165, 1.54) is 5.56 Å². The minimum absolute atomic E-state index is 0.00388. The molecular weight excluding hydrogens is 580 g/mol. The van der Waals surface area contributed by atoms with Crippen LogP contribution >= 0.6 is 0 Å². The van der Waals surface area contributed by atoms with Crippen LogP contribution in [0.4, 0.5) is 4.79 Å². The van der Waals surface area contributed by atoms with Crippen molar-refractivity contribution in [3.05, 3.63) is 102 Å². The normalized spacial score (nSPS) is 22.0. The molecule has 2 N–H and O–H groups in total. The molecule has 3 aromatic rings. The van der Waals surface area contributed by atoms with E-state index >= 15 is 0 Å². The maximum absolute atomic E-state index is 13.5. The summed E-state index contributed by atoms with van der Waals surface area (Å²) in [4.78, 5) is 50.9. The highest BCUT2D eigenvalue weighted by Gasteiger charge is 2.43. The van der Waals surface area contributed by atoms with Crippen molar-refractivity contribution in [2.75, 3.05) is 65.4 Å². The number of likely N-dealkylation sites (tertiary alicyclic amines) is 2. The van der Waals surface area contributed by atoms with Crippen LogP contribution in [0.5, 0.6) is 0 Å². The first-order valence-corrected chi connectivity index (χ1v) is 16.4. The highest BCUT2D eigenvalue weighted by Crippen LogP contribution is 2.39. The molecule has 0 bridgehead atoms. The van der Waals surface area contributed by atoms with Gasteiger partial charge in [-0.05, 0) is 62.1 Å². The third-order valence-corrected chi connectivity index (χ3v) is 10.2. The predicted octanol–water partition coefficient (Wildman–Crippen LogP) is 3.66. The van der Waals surface area contributed by atoms with Gasteiger partial charge in [0, 0.05) is 69.5 Å². The fraction of sp³-hybridized carbons (Fsp3) is 0.444. The average molecular weight is 625 g/mol. The second kappa shape index (κ2) is 14.0. The number of carboxylic acids is 1. The van der Waals surface area contributed by atoms with Crippen LogP contribution in [0.25, 0.3) is 0 Å². The zero-order valence-corrected chi connectivity index (χ0v) is 26.4. The molecule has 0 aliphatic carbocycles. The third-order valence-electron chi connectivity index (χ3n) is 10.2. The molecule has 3 saturated heterocycles. The lowest BCUT2D eigenvalue weighted by molar-refractivity contribution is -0.138. The fourth-order valence-electron chi connectivity index (χ4n) is 7.39. The van der Waals surface area contributed by atoms with Crippen molar-refractivity contribution in [1.82, 2.24) is 29.9 Å². The molecule has 0 spiro atoms. The lowest BCUT2D eigenvalue weighted by atomic mass is 9.76. The summed E-state index contributed by atoms with van der Waals surface area (Å²) in [7, 11) is 0. The van der Waals surface area contributed by atoms with E-state index in [-0.39, 0.29) is 23.9 Å². The van der Waals surface area contributed by atoms with Crippen LogP contribution in [-0.4, -0.2) is 113 Å². The van der Waals surface area contributed by atoms with E-state index in [1.807, 2.05) is 64.4 Å². The van der Waals surface area contributed by atoms with Crippen molar-refractivity contribution in [2.24, 2.45) is 0 Å². The maximum Gasteiger partial charge on any atom is 0.318 e. The van der Waals surface area contributed by atoms with Gasteiger partial charge in [0.25, 0.3) is 5.91 Å². The minimum Gasteiger partial charge on any atom is -0.480 e. The summed E-state index contributed by atoms with van der Waals surface area (Å²) in [5, 5.41) is 12.5. The third kappa shape index (κ3) is 7.08. The SMILES string of the molecule is O=C(O)CN1CCN(C(=O)NC2(c3ccccn3)CCN(CCC3(c4ccccc4)CCN(C(=O)c4ccccc4)C3)CC2)CC1. The van der Waals surface area contributed by atoms with Gasteiger partial charge in [0.05, 0.1) is 17.8 Å². The number of carboxylic acid groups (broad SMARTS) is 1. The van der Waals surface area contributed by atoms with Crippen molar-refractivity contribution in [2.45, 2.75) is 36.6 Å². The molecule has 3 amide bonds. The molecule has 3 aliphatic heterocycles. The molecule has 3 aliphatic rings. The summed E-state index contributed by atoms with van der Waals surface area (Å²) in [6, 6.07) is 25.9. The second-order valence-corrected chi connectivity index (χ2v) is 13.0. The number of aromatic nitrogens is 1. The fourth-order valence-corrected chi connectivity index (χ4v) is 7.39. The molecule has 242 valence electrons. The molecular formula is C36H44N6O4. The number of nitrogens with one attached hydrogen (secondary N) is 1. The number of piperidine rings is 1. The van der Waals surface area contributed by atoms with E-state index in [1.54, 1.807) is 11.1 Å². The van der Waals surface area contributed by atoms with Crippen molar-refractivity contribution >= 4 is 17.9 Å². The van der Waals surface area contributed by atoms with Crippen LogP contribution in [0.1, 0.15) is 47.3 Å². The van der Waals surface area contributed by atoms with E-state index in [0.29, 0.717) is 32.7 Å². The van der Waals surface area contributed by atoms with Crippen molar-refractivity contribution in [1.29, 1.82) is 0 Å². The quantitative estimate of drug-likeness (QED) is 0.374. The first-order chi connectivity index (χ1) is 22.4. The largest absolute Gasteiger partial charge is 0.480 e. The van der Waals surface area contributed by atoms with E-state index < -0.39 is 11.5 Å². The van der Waals surface area contributed by atoms with Crippen LogP contribution in [0.15, 0.2) is 85.1 Å². The molecule has 10 heteroatoms. The molecule has 46 heavy (non-hydrogen) atoms. The molecule has 0 saturated carbocycles. The Kier molecular flexibility index (Phi) is 9.65. The van der Waals surface area contributed by atoms with Gasteiger partial charge in [-0.15, -0.1) is 0 Å². The van der Waals surface area contributed by atoms with Crippen molar-refractivity contribution < 1.29 is 19.5 Å². The van der Waals surface area contributed by atoms with Crippen LogP contribution in [-0.2, 0) is 15.7 Å². The number of benzene rings is 2. The number of hydrogen-bond acceptors (Lipinski definition) is 6. The smallest absolute Gasteiger partial charge is 0.318 e. The Bertz CT molecular complexity index is 1470. The Morgan fingerprint density at radius 1 is 0.739 bits per heavy atom. The van der Waals surface area contributed by atoms with E-state index in [2.05, 4.69) is 39.5 Å². The summed E-state index contributed by atoms with van der Waals surface area (Å²) in [6.07, 6.45) is 5.14. The summed E-state index contributed by atoms with van der Waals surface area (Å²) < 4.78 is 0. The highest BCUT2D eigenvalue weighted by atomic mass is 16.4. The van der Waals surface area contributed by atoms with Gasteiger partial charge >= 0.3 is 12.0 Å². The molecule has 0 radical (unpaired) electrons. The molecule has 2 aromatic carbocycles. The van der Waals surface area contributed by atoms with Crippen molar-refractivity contribution in [3.8, 4) is 0 Å². The molecule has 4 heterocycles. The zero-order valence-electron chi connectivity index (χ0n) is 26.4. The number of nitrogens with zero attached hydrogens (tertiary/aromatic N) is 5. The van der Waals surface area contributed by atoms with Gasteiger partial charge in [0.15, 0.2) is 0 Å². The molecule has 1 aromatic heterocycles. The molecule has 1 unspecified atom stereocenters. The van der Waals surface area contributed by atoms with E-state index in [9.17, 15) is 14.4 Å². The zero-order chi connectivity index (χ0) is 32.0. The van der Waals surface area contributed by atoms with Gasteiger partial charge in [0.1, 0.15) is 0 Å². The lowest BCUT2D eigenvalue weighted by Crippen LogP contribution is -2.59. The number of rotatable bonds is 9. The molecule has 6 rings (SSSR count). The summed E-state index contributed by atoms with van der Waals surface area (Å²) in [5.41, 5.74) is 2.21. The Morgan fingerprint density at radius 3 is 2.07 bits per heavy atom. The predicted molar refractivity (Wildman–Crippen MR) is 175 cm³/mol. The number of carbonyl (C=O) groups is 3. The van der Waals surface area contributed by atoms with Gasteiger partial charge in [-0.1, -0.05) is 54.6 Å². The minimum atomic E-state index is -0.848. The number of amides is 3. The molecule has 1 atom stereocenters. The van der Waals surface area contributed by atoms with Gasteiger partial charge in [0.2, 0.25) is 0 Å². The number of carbonyl (C=O) groups excluding carboxylic acids is 2. The Labute approximate surface area is 271 Å². The Morgan fingerprint density at radius 2 is 1.41 bits per heavy atom. The van der Waals surface area contributed by atoms with Crippen molar-refractivity contribution in [3.63, 3.8) is 0 Å². The molecule has 10 nitrogen and oxygen atoms in total. The van der Waals surface area contributed by atoms with Crippen LogP contribution in [0.3, 0.4) is 0 Å². The average Bonchev–Trinajstić information content (AvgIpc) is 3.54.